The normalized spacial score (nSPS) is 14.3. The van der Waals surface area contributed by atoms with Gasteiger partial charge < -0.3 is 9.84 Å². The average Bonchev–Trinajstić information content (AvgIpc) is 2.73. The van der Waals surface area contributed by atoms with Crippen LogP contribution in [-0.4, -0.2) is 40.1 Å². The van der Waals surface area contributed by atoms with Gasteiger partial charge in [-0.2, -0.15) is 4.98 Å². The molecule has 1 unspecified atom stereocenters. The fraction of sp³-hybridized carbons (Fsp3) is 0.800. The lowest BCUT2D eigenvalue weighted by Crippen LogP contribution is -2.45. The zero-order valence-electron chi connectivity index (χ0n) is 14.4. The van der Waals surface area contributed by atoms with Crippen LogP contribution < -0.4 is 5.32 Å². The highest BCUT2D eigenvalue weighted by Crippen LogP contribution is 2.22. The number of carbonyl (C=O) groups is 1. The molecule has 0 aromatic carbocycles. The monoisotopic (exact) mass is 296 g/mol. The summed E-state index contributed by atoms with van der Waals surface area (Å²) in [5.74, 6) is 1.19. The highest BCUT2D eigenvalue weighted by Gasteiger charge is 2.26. The number of hydrogen-bond acceptors (Lipinski definition) is 5. The molecule has 1 amide bonds. The van der Waals surface area contributed by atoms with Gasteiger partial charge in [0.25, 0.3) is 0 Å². The van der Waals surface area contributed by atoms with E-state index in [0.717, 1.165) is 0 Å². The molecule has 6 nitrogen and oxygen atoms in total. The SMILES string of the molecule is CC(c1nc(C(C)(C)C)no1)N(C)CC(=O)NC(C)(C)C. The van der Waals surface area contributed by atoms with Gasteiger partial charge >= 0.3 is 0 Å². The molecule has 1 heterocycles. The lowest BCUT2D eigenvalue weighted by Gasteiger charge is -2.25. The van der Waals surface area contributed by atoms with Crippen molar-refractivity contribution in [3.63, 3.8) is 0 Å². The second-order valence-electron chi connectivity index (χ2n) is 7.60. The molecule has 0 saturated carbocycles. The first-order valence-electron chi connectivity index (χ1n) is 7.25. The van der Waals surface area contributed by atoms with Gasteiger partial charge in [0.05, 0.1) is 12.6 Å². The van der Waals surface area contributed by atoms with Crippen molar-refractivity contribution in [1.29, 1.82) is 0 Å². The summed E-state index contributed by atoms with van der Waals surface area (Å²) in [6, 6.07) is -0.112. The van der Waals surface area contributed by atoms with E-state index in [1.54, 1.807) is 0 Å². The Kier molecular flexibility index (Phi) is 5.15. The first-order valence-corrected chi connectivity index (χ1v) is 7.25. The van der Waals surface area contributed by atoms with Crippen molar-refractivity contribution >= 4 is 5.91 Å². The average molecular weight is 296 g/mol. The Morgan fingerprint density at radius 2 is 1.86 bits per heavy atom. The van der Waals surface area contributed by atoms with Gasteiger partial charge in [0.15, 0.2) is 5.82 Å². The van der Waals surface area contributed by atoms with Crippen LogP contribution in [-0.2, 0) is 10.2 Å². The van der Waals surface area contributed by atoms with E-state index >= 15 is 0 Å². The van der Waals surface area contributed by atoms with Crippen LogP contribution in [0, 0.1) is 0 Å². The van der Waals surface area contributed by atoms with Crippen LogP contribution in [0.4, 0.5) is 0 Å². The molecule has 1 N–H and O–H groups in total. The zero-order chi connectivity index (χ0) is 16.4. The summed E-state index contributed by atoms with van der Waals surface area (Å²) in [6.45, 7) is 14.2. The summed E-state index contributed by atoms with van der Waals surface area (Å²) in [7, 11) is 1.87. The lowest BCUT2D eigenvalue weighted by atomic mass is 9.96. The van der Waals surface area contributed by atoms with Gasteiger partial charge in [-0.15, -0.1) is 0 Å². The summed E-state index contributed by atoms with van der Waals surface area (Å²) in [6.07, 6.45) is 0. The van der Waals surface area contributed by atoms with Crippen molar-refractivity contribution in [2.45, 2.75) is 65.5 Å². The summed E-state index contributed by atoms with van der Waals surface area (Å²) in [5, 5.41) is 6.95. The number of rotatable bonds is 4. The van der Waals surface area contributed by atoms with E-state index in [1.807, 2.05) is 60.4 Å². The molecular weight excluding hydrogens is 268 g/mol. The van der Waals surface area contributed by atoms with E-state index in [1.165, 1.54) is 0 Å². The van der Waals surface area contributed by atoms with Gasteiger partial charge in [-0.3, -0.25) is 9.69 Å². The standard InChI is InChI=1S/C15H28N4O2/c1-10(12-16-13(18-21-12)14(2,3)4)19(8)9-11(20)17-15(5,6)7/h10H,9H2,1-8H3,(H,17,20). The molecule has 0 aliphatic carbocycles. The summed E-state index contributed by atoms with van der Waals surface area (Å²) in [5.41, 5.74) is -0.380. The second-order valence-corrected chi connectivity index (χ2v) is 7.60. The van der Waals surface area contributed by atoms with Crippen LogP contribution in [0.15, 0.2) is 4.52 Å². The van der Waals surface area contributed by atoms with Crippen molar-refractivity contribution in [1.82, 2.24) is 20.4 Å². The van der Waals surface area contributed by atoms with Crippen molar-refractivity contribution in [2.75, 3.05) is 13.6 Å². The van der Waals surface area contributed by atoms with Gasteiger partial charge in [0, 0.05) is 11.0 Å². The number of carbonyl (C=O) groups excluding carboxylic acids is 1. The maximum Gasteiger partial charge on any atom is 0.243 e. The van der Waals surface area contributed by atoms with E-state index in [2.05, 4.69) is 15.5 Å². The van der Waals surface area contributed by atoms with Crippen LogP contribution in [0.1, 0.15) is 66.2 Å². The molecule has 0 aliphatic rings. The van der Waals surface area contributed by atoms with Gasteiger partial charge in [-0.25, -0.2) is 0 Å². The summed E-state index contributed by atoms with van der Waals surface area (Å²) in [4.78, 5) is 18.3. The van der Waals surface area contributed by atoms with Crippen molar-refractivity contribution < 1.29 is 9.32 Å². The number of amides is 1. The first kappa shape index (κ1) is 17.6. The van der Waals surface area contributed by atoms with E-state index in [0.29, 0.717) is 11.7 Å². The Morgan fingerprint density at radius 3 is 2.29 bits per heavy atom. The molecule has 0 radical (unpaired) electrons. The molecule has 6 heteroatoms. The van der Waals surface area contributed by atoms with Crippen LogP contribution >= 0.6 is 0 Å². The van der Waals surface area contributed by atoms with E-state index in [4.69, 9.17) is 4.52 Å². The van der Waals surface area contributed by atoms with Gasteiger partial charge in [-0.1, -0.05) is 25.9 Å². The minimum atomic E-state index is -0.231. The fourth-order valence-electron chi connectivity index (χ4n) is 1.72. The second kappa shape index (κ2) is 6.13. The Morgan fingerprint density at radius 1 is 1.29 bits per heavy atom. The molecule has 0 spiro atoms. The van der Waals surface area contributed by atoms with Crippen LogP contribution in [0.2, 0.25) is 0 Å². The third kappa shape index (κ3) is 5.46. The van der Waals surface area contributed by atoms with Gasteiger partial charge in [0.2, 0.25) is 11.8 Å². The maximum absolute atomic E-state index is 11.9. The van der Waals surface area contributed by atoms with E-state index in [-0.39, 0.29) is 29.4 Å². The quantitative estimate of drug-likeness (QED) is 0.923. The Hall–Kier alpha value is -1.43. The molecule has 1 rings (SSSR count). The topological polar surface area (TPSA) is 71.3 Å². The van der Waals surface area contributed by atoms with Gasteiger partial charge in [-0.05, 0) is 34.7 Å². The molecule has 120 valence electrons. The van der Waals surface area contributed by atoms with Crippen LogP contribution in [0.25, 0.3) is 0 Å². The van der Waals surface area contributed by atoms with Crippen molar-refractivity contribution in [2.24, 2.45) is 0 Å². The predicted octanol–water partition coefficient (Wildman–Crippen LogP) is 2.27. The maximum atomic E-state index is 11.9. The largest absolute Gasteiger partial charge is 0.350 e. The van der Waals surface area contributed by atoms with Crippen LogP contribution in [0.5, 0.6) is 0 Å². The Labute approximate surface area is 127 Å². The van der Waals surface area contributed by atoms with Crippen molar-refractivity contribution in [3.8, 4) is 0 Å². The van der Waals surface area contributed by atoms with Gasteiger partial charge in [0.1, 0.15) is 0 Å². The summed E-state index contributed by atoms with van der Waals surface area (Å²) < 4.78 is 5.32. The molecule has 1 atom stereocenters. The Balaban J connectivity index is 2.68. The number of nitrogens with zero attached hydrogens (tertiary/aromatic N) is 3. The molecule has 1 aromatic heterocycles. The number of nitrogens with one attached hydrogen (secondary N) is 1. The third-order valence-corrected chi connectivity index (χ3v) is 3.04. The predicted molar refractivity (Wildman–Crippen MR) is 81.9 cm³/mol. The zero-order valence-corrected chi connectivity index (χ0v) is 14.4. The number of likely N-dealkylation sites (N-methyl/N-ethyl adjacent to an activating group) is 1. The minimum Gasteiger partial charge on any atom is -0.350 e. The minimum absolute atomic E-state index is 0.0209. The highest BCUT2D eigenvalue weighted by molar-refractivity contribution is 5.78. The third-order valence-electron chi connectivity index (χ3n) is 3.04. The number of hydrogen-bond donors (Lipinski definition) is 1. The highest BCUT2D eigenvalue weighted by atomic mass is 16.5. The Bertz CT molecular complexity index is 483. The fourth-order valence-corrected chi connectivity index (χ4v) is 1.72. The summed E-state index contributed by atoms with van der Waals surface area (Å²) >= 11 is 0. The molecule has 0 fully saturated rings. The molecule has 21 heavy (non-hydrogen) atoms. The number of aromatic nitrogens is 2. The molecule has 0 bridgehead atoms. The molecule has 1 aromatic rings. The first-order chi connectivity index (χ1) is 9.40. The molecule has 0 aliphatic heterocycles. The molecule has 0 saturated heterocycles. The van der Waals surface area contributed by atoms with Crippen LogP contribution in [0.3, 0.4) is 0 Å². The van der Waals surface area contributed by atoms with E-state index < -0.39 is 0 Å². The molecular formula is C15H28N4O2. The smallest absolute Gasteiger partial charge is 0.243 e. The van der Waals surface area contributed by atoms with E-state index in [9.17, 15) is 4.79 Å². The van der Waals surface area contributed by atoms with Crippen molar-refractivity contribution in [3.05, 3.63) is 11.7 Å². The lowest BCUT2D eigenvalue weighted by molar-refractivity contribution is -0.123.